The van der Waals surface area contributed by atoms with Gasteiger partial charge in [-0.15, -0.1) is 13.2 Å². The van der Waals surface area contributed by atoms with Gasteiger partial charge in [-0.05, 0) is 36.8 Å². The summed E-state index contributed by atoms with van der Waals surface area (Å²) in [5, 5.41) is 15.3. The fraction of sp³-hybridized carbons (Fsp3) is 0.238. The van der Waals surface area contributed by atoms with Crippen molar-refractivity contribution >= 4 is 11.8 Å². The molecule has 0 aliphatic carbocycles. The molecule has 3 rings (SSSR count). The Morgan fingerprint density at radius 2 is 1.81 bits per heavy atom. The number of rotatable bonds is 8. The molecule has 0 aliphatic heterocycles. The fourth-order valence-corrected chi connectivity index (χ4v) is 2.66. The van der Waals surface area contributed by atoms with Crippen molar-refractivity contribution < 1.29 is 27.4 Å². The van der Waals surface area contributed by atoms with Gasteiger partial charge in [0.15, 0.2) is 0 Å². The van der Waals surface area contributed by atoms with E-state index in [4.69, 9.17) is 0 Å². The molecule has 0 spiro atoms. The summed E-state index contributed by atoms with van der Waals surface area (Å²) < 4.78 is 54.7. The van der Waals surface area contributed by atoms with Gasteiger partial charge in [-0.2, -0.15) is 4.98 Å². The number of halogens is 4. The van der Waals surface area contributed by atoms with Crippen LogP contribution in [0, 0.1) is 5.82 Å². The average Bonchev–Trinajstić information content (AvgIpc) is 2.72. The molecule has 0 radical (unpaired) electrons. The van der Waals surface area contributed by atoms with Crippen LogP contribution in [0.1, 0.15) is 12.5 Å². The molecule has 3 N–H and O–H groups in total. The highest BCUT2D eigenvalue weighted by Crippen LogP contribution is 2.28. The van der Waals surface area contributed by atoms with Gasteiger partial charge in [0.1, 0.15) is 17.4 Å². The van der Waals surface area contributed by atoms with Crippen molar-refractivity contribution in [1.29, 1.82) is 0 Å². The summed E-state index contributed by atoms with van der Waals surface area (Å²) in [6.07, 6.45) is -4.81. The Balaban J connectivity index is 1.89. The van der Waals surface area contributed by atoms with Crippen LogP contribution in [0.3, 0.4) is 0 Å². The van der Waals surface area contributed by atoms with Gasteiger partial charge >= 0.3 is 6.36 Å². The number of hydrogen-bond acceptors (Lipinski definition) is 6. The van der Waals surface area contributed by atoms with Gasteiger partial charge in [0.25, 0.3) is 0 Å². The molecule has 2 aromatic carbocycles. The number of ether oxygens (including phenoxy) is 1. The van der Waals surface area contributed by atoms with Gasteiger partial charge in [0.2, 0.25) is 5.95 Å². The van der Waals surface area contributed by atoms with E-state index >= 15 is 0 Å². The highest BCUT2D eigenvalue weighted by Gasteiger charge is 2.31. The summed E-state index contributed by atoms with van der Waals surface area (Å²) in [5.74, 6) is -0.145. The first-order chi connectivity index (χ1) is 14.7. The van der Waals surface area contributed by atoms with Gasteiger partial charge in [-0.1, -0.05) is 24.3 Å². The Labute approximate surface area is 175 Å². The van der Waals surface area contributed by atoms with Gasteiger partial charge in [-0.25, -0.2) is 9.37 Å². The second-order valence-corrected chi connectivity index (χ2v) is 6.75. The van der Waals surface area contributed by atoms with Crippen molar-refractivity contribution in [3.8, 4) is 17.0 Å². The Kier molecular flexibility index (Phi) is 6.91. The van der Waals surface area contributed by atoms with E-state index in [0.717, 1.165) is 5.56 Å². The van der Waals surface area contributed by atoms with Crippen LogP contribution >= 0.6 is 0 Å². The highest BCUT2D eigenvalue weighted by atomic mass is 19.4. The first-order valence-corrected chi connectivity index (χ1v) is 9.33. The molecule has 0 amide bonds. The molecule has 10 heteroatoms. The van der Waals surface area contributed by atoms with Crippen molar-refractivity contribution in [3.05, 3.63) is 66.0 Å². The van der Waals surface area contributed by atoms with Crippen LogP contribution in [-0.2, 0) is 6.54 Å². The lowest BCUT2D eigenvalue weighted by Crippen LogP contribution is -2.21. The minimum atomic E-state index is -4.81. The Morgan fingerprint density at radius 1 is 1.06 bits per heavy atom. The van der Waals surface area contributed by atoms with E-state index in [1.54, 1.807) is 31.2 Å². The molecule has 0 bridgehead atoms. The number of nitrogens with one attached hydrogen (secondary N) is 2. The third kappa shape index (κ3) is 6.82. The topological polar surface area (TPSA) is 79.3 Å². The van der Waals surface area contributed by atoms with Crippen LogP contribution in [0.2, 0.25) is 0 Å². The zero-order valence-electron chi connectivity index (χ0n) is 16.4. The molecular weight excluding hydrogens is 416 g/mol. The van der Waals surface area contributed by atoms with Crippen LogP contribution in [-0.4, -0.2) is 34.1 Å². The lowest BCUT2D eigenvalue weighted by Gasteiger charge is -2.15. The second-order valence-electron chi connectivity index (χ2n) is 6.75. The molecule has 1 aromatic heterocycles. The lowest BCUT2D eigenvalue weighted by atomic mass is 10.1. The number of benzene rings is 2. The van der Waals surface area contributed by atoms with Crippen molar-refractivity contribution in [1.82, 2.24) is 9.97 Å². The summed E-state index contributed by atoms with van der Waals surface area (Å²) in [5.41, 5.74) is 1.53. The largest absolute Gasteiger partial charge is 0.573 e. The standard InChI is InChI=1S/C21H20F4N4O2/c1-13(12-30)27-20-28-18(15-3-2-4-17(9-15)31-21(23,24)25)10-19(29-20)26-11-14-5-7-16(22)8-6-14/h2-10,13,30H,11-12H2,1H3,(H2,26,27,28,29)/t13-/m0/s1. The molecule has 0 fully saturated rings. The molecule has 0 saturated heterocycles. The zero-order chi connectivity index (χ0) is 22.4. The van der Waals surface area contributed by atoms with Crippen molar-refractivity contribution in [2.45, 2.75) is 25.9 Å². The van der Waals surface area contributed by atoms with Crippen LogP contribution in [0.4, 0.5) is 29.3 Å². The monoisotopic (exact) mass is 436 g/mol. The van der Waals surface area contributed by atoms with Crippen LogP contribution in [0.15, 0.2) is 54.6 Å². The van der Waals surface area contributed by atoms with Crippen molar-refractivity contribution in [2.24, 2.45) is 0 Å². The van der Waals surface area contributed by atoms with Crippen molar-refractivity contribution in [3.63, 3.8) is 0 Å². The van der Waals surface area contributed by atoms with E-state index in [0.29, 0.717) is 23.6 Å². The van der Waals surface area contributed by atoms with Crippen molar-refractivity contribution in [2.75, 3.05) is 17.2 Å². The molecule has 164 valence electrons. The quantitative estimate of drug-likeness (QED) is 0.449. The first-order valence-electron chi connectivity index (χ1n) is 9.33. The number of alkyl halides is 3. The maximum Gasteiger partial charge on any atom is 0.573 e. The molecule has 1 atom stereocenters. The van der Waals surface area contributed by atoms with E-state index in [9.17, 15) is 22.7 Å². The van der Waals surface area contributed by atoms with E-state index in [2.05, 4.69) is 25.3 Å². The molecule has 0 saturated carbocycles. The number of aliphatic hydroxyl groups is 1. The Hall–Kier alpha value is -3.40. The molecule has 6 nitrogen and oxygen atoms in total. The average molecular weight is 436 g/mol. The third-order valence-corrected chi connectivity index (χ3v) is 4.13. The smallest absolute Gasteiger partial charge is 0.406 e. The maximum absolute atomic E-state index is 13.1. The normalized spacial score (nSPS) is 12.3. The predicted molar refractivity (Wildman–Crippen MR) is 108 cm³/mol. The molecule has 0 unspecified atom stereocenters. The summed E-state index contributed by atoms with van der Waals surface area (Å²) in [7, 11) is 0. The van der Waals surface area contributed by atoms with Crippen LogP contribution in [0.5, 0.6) is 5.75 Å². The van der Waals surface area contributed by atoms with Gasteiger partial charge in [-0.3, -0.25) is 0 Å². The van der Waals surface area contributed by atoms with E-state index in [1.807, 2.05) is 0 Å². The third-order valence-electron chi connectivity index (χ3n) is 4.13. The molecule has 1 heterocycles. The summed E-state index contributed by atoms with van der Waals surface area (Å²) in [6.45, 7) is 1.89. The molecule has 31 heavy (non-hydrogen) atoms. The van der Waals surface area contributed by atoms with Crippen LogP contribution in [0.25, 0.3) is 11.3 Å². The summed E-state index contributed by atoms with van der Waals surface area (Å²) in [4.78, 5) is 8.67. The first kappa shape index (κ1) is 22.3. The summed E-state index contributed by atoms with van der Waals surface area (Å²) in [6, 6.07) is 12.6. The maximum atomic E-state index is 13.1. The SMILES string of the molecule is C[C@@H](CO)Nc1nc(NCc2ccc(F)cc2)cc(-c2cccc(OC(F)(F)F)c2)n1. The Bertz CT molecular complexity index is 1010. The van der Waals surface area contributed by atoms with E-state index < -0.39 is 6.36 Å². The fourth-order valence-electron chi connectivity index (χ4n) is 2.66. The number of aromatic nitrogens is 2. The second kappa shape index (κ2) is 9.61. The number of nitrogens with zero attached hydrogens (tertiary/aromatic N) is 2. The number of anilines is 2. The minimum absolute atomic E-state index is 0.166. The number of hydrogen-bond donors (Lipinski definition) is 3. The van der Waals surface area contributed by atoms with E-state index in [1.165, 1.54) is 30.3 Å². The highest BCUT2D eigenvalue weighted by molar-refractivity contribution is 5.66. The minimum Gasteiger partial charge on any atom is -0.406 e. The van der Waals surface area contributed by atoms with Gasteiger partial charge < -0.3 is 20.5 Å². The molecular formula is C21H20F4N4O2. The van der Waals surface area contributed by atoms with Gasteiger partial charge in [0.05, 0.1) is 12.3 Å². The number of aliphatic hydroxyl groups excluding tert-OH is 1. The van der Waals surface area contributed by atoms with Gasteiger partial charge in [0, 0.05) is 24.2 Å². The molecule has 0 aliphatic rings. The zero-order valence-corrected chi connectivity index (χ0v) is 16.4. The summed E-state index contributed by atoms with van der Waals surface area (Å²) >= 11 is 0. The van der Waals surface area contributed by atoms with Crippen LogP contribution < -0.4 is 15.4 Å². The molecule has 3 aromatic rings. The lowest BCUT2D eigenvalue weighted by molar-refractivity contribution is -0.274. The van der Waals surface area contributed by atoms with E-state index in [-0.39, 0.29) is 30.2 Å². The predicted octanol–water partition coefficient (Wildman–Crippen LogP) is 4.59. The Morgan fingerprint density at radius 3 is 2.48 bits per heavy atom.